The number of aryl methyl sites for hydroxylation is 1. The molecule has 2 heterocycles. The molecule has 3 nitrogen and oxygen atoms in total. The highest BCUT2D eigenvalue weighted by Crippen LogP contribution is 2.28. The van der Waals surface area contributed by atoms with Crippen LogP contribution in [0.2, 0.25) is 0 Å². The molecule has 18 heavy (non-hydrogen) atoms. The molecule has 0 amide bonds. The van der Waals surface area contributed by atoms with Gasteiger partial charge in [-0.15, -0.1) is 0 Å². The summed E-state index contributed by atoms with van der Waals surface area (Å²) in [4.78, 5) is 4.69. The normalized spacial score (nSPS) is 18.7. The Kier molecular flexibility index (Phi) is 3.22. The van der Waals surface area contributed by atoms with Gasteiger partial charge >= 0.3 is 0 Å². The number of benzene rings is 1. The van der Waals surface area contributed by atoms with Crippen molar-refractivity contribution in [1.29, 1.82) is 0 Å². The Bertz CT molecular complexity index is 547. The molecule has 1 atom stereocenters. The van der Waals surface area contributed by atoms with E-state index in [0.29, 0.717) is 0 Å². The molecule has 1 unspecified atom stereocenters. The van der Waals surface area contributed by atoms with E-state index in [1.54, 1.807) is 0 Å². The molecule has 1 aliphatic rings. The first-order chi connectivity index (χ1) is 8.78. The lowest BCUT2D eigenvalue weighted by Gasteiger charge is -2.22. The number of rotatable bonds is 2. The van der Waals surface area contributed by atoms with Crippen LogP contribution in [0, 0.1) is 0 Å². The lowest BCUT2D eigenvalue weighted by molar-refractivity contribution is 0.206. The van der Waals surface area contributed by atoms with Crippen molar-refractivity contribution in [3.8, 4) is 11.3 Å². The van der Waals surface area contributed by atoms with Crippen molar-refractivity contribution in [2.75, 3.05) is 6.61 Å². The highest BCUT2D eigenvalue weighted by molar-refractivity contribution is 9.10. The number of hydrogen-bond donors (Lipinski definition) is 1. The number of nitrogens with zero attached hydrogens (tertiary/aromatic N) is 2. The molecule has 94 valence electrons. The zero-order valence-corrected chi connectivity index (χ0v) is 11.6. The Morgan fingerprint density at radius 3 is 2.83 bits per heavy atom. The molecule has 3 rings (SSSR count). The lowest BCUT2D eigenvalue weighted by atomic mass is 10.1. The van der Waals surface area contributed by atoms with E-state index in [2.05, 4.69) is 43.8 Å². The molecule has 1 N–H and O–H groups in total. The summed E-state index contributed by atoms with van der Waals surface area (Å²) in [6, 6.07) is 8.37. The molecule has 0 bridgehead atoms. The predicted octanol–water partition coefficient (Wildman–Crippen LogP) is 3.18. The number of aliphatic hydroxyl groups is 1. The molecule has 4 heteroatoms. The van der Waals surface area contributed by atoms with E-state index in [9.17, 15) is 5.11 Å². The molecule has 0 radical (unpaired) electrons. The second-order valence-electron chi connectivity index (χ2n) is 4.69. The van der Waals surface area contributed by atoms with Crippen LogP contribution in [0.15, 0.2) is 34.9 Å². The average molecular weight is 307 g/mol. The summed E-state index contributed by atoms with van der Waals surface area (Å²) in [5.41, 5.74) is 2.12. The number of hydrogen-bond acceptors (Lipinski definition) is 2. The summed E-state index contributed by atoms with van der Waals surface area (Å²) in [6.45, 7) is 0.198. The third-order valence-corrected chi connectivity index (χ3v) is 4.02. The molecule has 1 aromatic carbocycles. The van der Waals surface area contributed by atoms with E-state index in [1.165, 1.54) is 0 Å². The minimum Gasteiger partial charge on any atom is -0.394 e. The molecule has 0 spiro atoms. The van der Waals surface area contributed by atoms with Crippen LogP contribution in [0.5, 0.6) is 0 Å². The van der Waals surface area contributed by atoms with Gasteiger partial charge in [0.2, 0.25) is 0 Å². The van der Waals surface area contributed by atoms with Gasteiger partial charge in [0, 0.05) is 22.7 Å². The number of aliphatic hydroxyl groups excluding tert-OH is 1. The maximum absolute atomic E-state index is 9.40. The first-order valence-electron chi connectivity index (χ1n) is 6.22. The minimum atomic E-state index is 0.198. The van der Waals surface area contributed by atoms with Gasteiger partial charge in [-0.2, -0.15) is 0 Å². The Hall–Kier alpha value is -1.13. The fourth-order valence-electron chi connectivity index (χ4n) is 2.51. The molecule has 0 aliphatic carbocycles. The maximum Gasteiger partial charge on any atom is 0.109 e. The molecule has 1 aliphatic heterocycles. The van der Waals surface area contributed by atoms with E-state index in [-0.39, 0.29) is 12.6 Å². The third kappa shape index (κ3) is 2.10. The van der Waals surface area contributed by atoms with Gasteiger partial charge in [-0.05, 0) is 25.0 Å². The second-order valence-corrected chi connectivity index (χ2v) is 5.60. The van der Waals surface area contributed by atoms with Crippen LogP contribution in [0.25, 0.3) is 11.3 Å². The molecule has 0 saturated heterocycles. The van der Waals surface area contributed by atoms with Gasteiger partial charge in [-0.1, -0.05) is 28.1 Å². The summed E-state index contributed by atoms with van der Waals surface area (Å²) in [6.07, 6.45) is 5.23. The van der Waals surface area contributed by atoms with Crippen molar-refractivity contribution in [2.24, 2.45) is 0 Å². The van der Waals surface area contributed by atoms with E-state index < -0.39 is 0 Å². The smallest absolute Gasteiger partial charge is 0.109 e. The number of halogens is 1. The van der Waals surface area contributed by atoms with Gasteiger partial charge in [0.05, 0.1) is 18.3 Å². The zero-order chi connectivity index (χ0) is 12.5. The van der Waals surface area contributed by atoms with Crippen LogP contribution < -0.4 is 0 Å². The molecule has 0 saturated carbocycles. The van der Waals surface area contributed by atoms with E-state index in [0.717, 1.165) is 40.8 Å². The predicted molar refractivity (Wildman–Crippen MR) is 74.4 cm³/mol. The Morgan fingerprint density at radius 1 is 1.33 bits per heavy atom. The van der Waals surface area contributed by atoms with Crippen LogP contribution in [0.3, 0.4) is 0 Å². The molecular weight excluding hydrogens is 292 g/mol. The summed E-state index contributed by atoms with van der Waals surface area (Å²) in [7, 11) is 0. The van der Waals surface area contributed by atoms with Gasteiger partial charge in [-0.25, -0.2) is 4.98 Å². The zero-order valence-electron chi connectivity index (χ0n) is 10.0. The minimum absolute atomic E-state index is 0.198. The van der Waals surface area contributed by atoms with Gasteiger partial charge in [-0.3, -0.25) is 0 Å². The van der Waals surface area contributed by atoms with Crippen molar-refractivity contribution in [3.63, 3.8) is 0 Å². The summed E-state index contributed by atoms with van der Waals surface area (Å²) < 4.78 is 3.21. The standard InChI is InChI=1S/C14H15BrN2O/c15-11-6-4-10(5-7-11)13-8-17-12(9-18)2-1-3-14(17)16-13/h4-8,12,18H,1-3,9H2. The van der Waals surface area contributed by atoms with Crippen LogP contribution in [0.4, 0.5) is 0 Å². The van der Waals surface area contributed by atoms with Gasteiger partial charge < -0.3 is 9.67 Å². The van der Waals surface area contributed by atoms with Crippen LogP contribution >= 0.6 is 15.9 Å². The Balaban J connectivity index is 1.99. The van der Waals surface area contributed by atoms with Crippen molar-refractivity contribution in [3.05, 3.63) is 40.8 Å². The summed E-state index contributed by atoms with van der Waals surface area (Å²) in [5.74, 6) is 1.10. The maximum atomic E-state index is 9.40. The van der Waals surface area contributed by atoms with Crippen molar-refractivity contribution < 1.29 is 5.11 Å². The summed E-state index contributed by atoms with van der Waals surface area (Å²) in [5, 5.41) is 9.40. The second kappa shape index (κ2) is 4.86. The first kappa shape index (κ1) is 11.9. The van der Waals surface area contributed by atoms with E-state index in [4.69, 9.17) is 0 Å². The van der Waals surface area contributed by atoms with Crippen LogP contribution in [-0.2, 0) is 6.42 Å². The van der Waals surface area contributed by atoms with Gasteiger partial charge in [0.15, 0.2) is 0 Å². The number of aromatic nitrogens is 2. The van der Waals surface area contributed by atoms with Gasteiger partial charge in [0.1, 0.15) is 5.82 Å². The lowest BCUT2D eigenvalue weighted by Crippen LogP contribution is -2.20. The molecule has 2 aromatic rings. The topological polar surface area (TPSA) is 38.1 Å². The molecule has 1 aromatic heterocycles. The van der Waals surface area contributed by atoms with Crippen molar-refractivity contribution >= 4 is 15.9 Å². The largest absolute Gasteiger partial charge is 0.394 e. The highest BCUT2D eigenvalue weighted by atomic mass is 79.9. The quantitative estimate of drug-likeness (QED) is 0.925. The van der Waals surface area contributed by atoms with Crippen LogP contribution in [-0.4, -0.2) is 21.3 Å². The van der Waals surface area contributed by atoms with Crippen LogP contribution in [0.1, 0.15) is 24.7 Å². The third-order valence-electron chi connectivity index (χ3n) is 3.49. The van der Waals surface area contributed by atoms with E-state index in [1.807, 2.05) is 12.1 Å². The summed E-state index contributed by atoms with van der Waals surface area (Å²) >= 11 is 3.44. The fourth-order valence-corrected chi connectivity index (χ4v) is 2.77. The Morgan fingerprint density at radius 2 is 2.11 bits per heavy atom. The Labute approximate surface area is 115 Å². The highest BCUT2D eigenvalue weighted by Gasteiger charge is 2.21. The molecule has 0 fully saturated rings. The average Bonchev–Trinajstić information content (AvgIpc) is 2.83. The SMILES string of the molecule is OCC1CCCc2nc(-c3ccc(Br)cc3)cn21. The first-order valence-corrected chi connectivity index (χ1v) is 7.02. The van der Waals surface area contributed by atoms with Crippen molar-refractivity contribution in [1.82, 2.24) is 9.55 Å². The fraction of sp³-hybridized carbons (Fsp3) is 0.357. The van der Waals surface area contributed by atoms with Gasteiger partial charge in [0.25, 0.3) is 0 Å². The molecular formula is C14H15BrN2O. The van der Waals surface area contributed by atoms with Crippen molar-refractivity contribution in [2.45, 2.75) is 25.3 Å². The number of fused-ring (bicyclic) bond motifs is 1. The number of imidazole rings is 1. The van der Waals surface area contributed by atoms with E-state index >= 15 is 0 Å². The monoisotopic (exact) mass is 306 g/mol.